The molecule has 0 aromatic heterocycles. The molecule has 1 aliphatic carbocycles. The second-order valence-electron chi connectivity index (χ2n) is 9.42. The Labute approximate surface area is 195 Å². The number of fused-ring (bicyclic) bond motifs is 3. The fourth-order valence-electron chi connectivity index (χ4n) is 4.39. The molecule has 0 bridgehead atoms. The van der Waals surface area contributed by atoms with Crippen molar-refractivity contribution in [1.29, 1.82) is 0 Å². The van der Waals surface area contributed by atoms with Crippen LogP contribution < -0.4 is 5.32 Å². The van der Waals surface area contributed by atoms with Gasteiger partial charge in [-0.1, -0.05) is 48.5 Å². The van der Waals surface area contributed by atoms with E-state index in [-0.39, 0.29) is 19.1 Å². The van der Waals surface area contributed by atoms with E-state index in [1.807, 2.05) is 24.3 Å². The van der Waals surface area contributed by atoms with Gasteiger partial charge in [0.15, 0.2) is 0 Å². The van der Waals surface area contributed by atoms with Crippen LogP contribution in [-0.4, -0.2) is 58.6 Å². The van der Waals surface area contributed by atoms with Crippen LogP contribution in [-0.2, 0) is 4.74 Å². The maximum absolute atomic E-state index is 12.2. The molecule has 0 heterocycles. The molecule has 7 heteroatoms. The summed E-state index contributed by atoms with van der Waals surface area (Å²) in [5.74, 6) is -0.0728. The number of alkyl carbamates (subject to hydrolysis) is 1. The van der Waals surface area contributed by atoms with Crippen LogP contribution in [0.4, 0.5) is 9.59 Å². The summed E-state index contributed by atoms with van der Waals surface area (Å²) in [6.07, 6.45) is 0.338. The molecule has 0 saturated heterocycles. The largest absolute Gasteiger partial charge is 0.465 e. The SMILES string of the molecule is CC(C)(C)OC(=O)NCCCCC(CO)N(CC1c2ccccc2-c2ccccc21)C(=O)O. The van der Waals surface area contributed by atoms with Crippen molar-refractivity contribution in [2.75, 3.05) is 19.7 Å². The minimum absolute atomic E-state index is 0.0728. The summed E-state index contributed by atoms with van der Waals surface area (Å²) in [5, 5.41) is 22.7. The molecule has 2 aromatic carbocycles. The topological polar surface area (TPSA) is 99.1 Å². The van der Waals surface area contributed by atoms with Crippen molar-refractivity contribution in [2.24, 2.45) is 0 Å². The smallest absolute Gasteiger partial charge is 0.407 e. The van der Waals surface area contributed by atoms with Crippen LogP contribution in [0.1, 0.15) is 57.1 Å². The molecule has 0 radical (unpaired) electrons. The van der Waals surface area contributed by atoms with Gasteiger partial charge in [0, 0.05) is 19.0 Å². The number of ether oxygens (including phenoxy) is 1. The molecule has 1 aliphatic rings. The van der Waals surface area contributed by atoms with E-state index in [0.29, 0.717) is 25.8 Å². The van der Waals surface area contributed by atoms with E-state index in [4.69, 9.17) is 4.74 Å². The average Bonchev–Trinajstić information content (AvgIpc) is 3.07. The van der Waals surface area contributed by atoms with Gasteiger partial charge in [0.1, 0.15) is 5.60 Å². The predicted molar refractivity (Wildman–Crippen MR) is 127 cm³/mol. The number of unbranched alkanes of at least 4 members (excludes halogenated alkanes) is 1. The van der Waals surface area contributed by atoms with Gasteiger partial charge in [-0.3, -0.25) is 0 Å². The lowest BCUT2D eigenvalue weighted by atomic mass is 9.95. The van der Waals surface area contributed by atoms with Crippen molar-refractivity contribution >= 4 is 12.2 Å². The van der Waals surface area contributed by atoms with Crippen molar-refractivity contribution in [3.8, 4) is 11.1 Å². The molecule has 7 nitrogen and oxygen atoms in total. The third-order valence-corrected chi connectivity index (χ3v) is 5.87. The van der Waals surface area contributed by atoms with Crippen LogP contribution in [0.2, 0.25) is 0 Å². The van der Waals surface area contributed by atoms with Crippen LogP contribution in [0.15, 0.2) is 48.5 Å². The van der Waals surface area contributed by atoms with Gasteiger partial charge in [-0.2, -0.15) is 0 Å². The number of rotatable bonds is 9. The van der Waals surface area contributed by atoms with Crippen molar-refractivity contribution in [3.05, 3.63) is 59.7 Å². The molecule has 2 amide bonds. The molecule has 0 saturated carbocycles. The fourth-order valence-corrected chi connectivity index (χ4v) is 4.39. The lowest BCUT2D eigenvalue weighted by molar-refractivity contribution is 0.0526. The molecule has 1 atom stereocenters. The number of benzene rings is 2. The Bertz CT molecular complexity index is 924. The molecular formula is C26H34N2O5. The number of hydrogen-bond acceptors (Lipinski definition) is 4. The van der Waals surface area contributed by atoms with Crippen LogP contribution in [0, 0.1) is 0 Å². The van der Waals surface area contributed by atoms with Gasteiger partial charge in [0.2, 0.25) is 0 Å². The highest BCUT2D eigenvalue weighted by Gasteiger charge is 2.33. The highest BCUT2D eigenvalue weighted by atomic mass is 16.6. The Morgan fingerprint density at radius 1 is 1.03 bits per heavy atom. The minimum Gasteiger partial charge on any atom is -0.465 e. The van der Waals surface area contributed by atoms with E-state index < -0.39 is 23.8 Å². The molecule has 1 unspecified atom stereocenters. The number of carboxylic acid groups (broad SMARTS) is 1. The summed E-state index contributed by atoms with van der Waals surface area (Å²) in [5.41, 5.74) is 3.95. The highest BCUT2D eigenvalue weighted by Crippen LogP contribution is 2.45. The fraction of sp³-hybridized carbons (Fsp3) is 0.462. The van der Waals surface area contributed by atoms with Gasteiger partial charge >= 0.3 is 12.2 Å². The maximum Gasteiger partial charge on any atom is 0.407 e. The van der Waals surface area contributed by atoms with E-state index in [1.165, 1.54) is 4.90 Å². The predicted octanol–water partition coefficient (Wildman–Crippen LogP) is 4.83. The number of nitrogens with zero attached hydrogens (tertiary/aromatic N) is 1. The summed E-state index contributed by atoms with van der Waals surface area (Å²) in [4.78, 5) is 25.3. The van der Waals surface area contributed by atoms with E-state index in [9.17, 15) is 19.8 Å². The van der Waals surface area contributed by atoms with Crippen LogP contribution in [0.3, 0.4) is 0 Å². The van der Waals surface area contributed by atoms with Crippen LogP contribution in [0.5, 0.6) is 0 Å². The summed E-state index contributed by atoms with van der Waals surface area (Å²) in [7, 11) is 0. The third-order valence-electron chi connectivity index (χ3n) is 5.87. The van der Waals surface area contributed by atoms with E-state index >= 15 is 0 Å². The molecular weight excluding hydrogens is 420 g/mol. The molecule has 178 valence electrons. The molecule has 2 aromatic rings. The highest BCUT2D eigenvalue weighted by molar-refractivity contribution is 5.79. The minimum atomic E-state index is -1.04. The first-order valence-corrected chi connectivity index (χ1v) is 11.5. The zero-order valence-corrected chi connectivity index (χ0v) is 19.6. The monoisotopic (exact) mass is 454 g/mol. The Kier molecular flexibility index (Phi) is 7.97. The first-order chi connectivity index (χ1) is 15.7. The van der Waals surface area contributed by atoms with Gasteiger partial charge in [-0.05, 0) is 62.3 Å². The summed E-state index contributed by atoms with van der Waals surface area (Å²) in [6.45, 7) is 5.89. The van der Waals surface area contributed by atoms with E-state index in [0.717, 1.165) is 22.3 Å². The summed E-state index contributed by atoms with van der Waals surface area (Å²) < 4.78 is 5.21. The van der Waals surface area contributed by atoms with Crippen molar-refractivity contribution in [2.45, 2.75) is 57.6 Å². The van der Waals surface area contributed by atoms with Gasteiger partial charge in [-0.25, -0.2) is 9.59 Å². The lowest BCUT2D eigenvalue weighted by Crippen LogP contribution is -2.44. The first kappa shape index (κ1) is 24.6. The zero-order valence-electron chi connectivity index (χ0n) is 19.6. The second kappa shape index (κ2) is 10.7. The maximum atomic E-state index is 12.2. The van der Waals surface area contributed by atoms with Gasteiger partial charge in [-0.15, -0.1) is 0 Å². The van der Waals surface area contributed by atoms with Gasteiger partial charge in [0.05, 0.1) is 12.6 Å². The van der Waals surface area contributed by atoms with Gasteiger partial charge < -0.3 is 25.2 Å². The van der Waals surface area contributed by atoms with Crippen molar-refractivity contribution in [3.63, 3.8) is 0 Å². The Balaban J connectivity index is 1.61. The number of hydrogen-bond donors (Lipinski definition) is 3. The number of aliphatic hydroxyl groups excluding tert-OH is 1. The zero-order chi connectivity index (χ0) is 24.0. The number of carbonyl (C=O) groups excluding carboxylic acids is 1. The molecule has 33 heavy (non-hydrogen) atoms. The Morgan fingerprint density at radius 3 is 2.12 bits per heavy atom. The van der Waals surface area contributed by atoms with E-state index in [2.05, 4.69) is 29.6 Å². The van der Waals surface area contributed by atoms with Gasteiger partial charge in [0.25, 0.3) is 0 Å². The average molecular weight is 455 g/mol. The first-order valence-electron chi connectivity index (χ1n) is 11.5. The number of amides is 2. The Hall–Kier alpha value is -3.06. The van der Waals surface area contributed by atoms with E-state index in [1.54, 1.807) is 20.8 Å². The molecule has 0 spiro atoms. The molecule has 3 rings (SSSR count). The molecule has 0 fully saturated rings. The number of carbonyl (C=O) groups is 2. The molecule has 0 aliphatic heterocycles. The quantitative estimate of drug-likeness (QED) is 0.471. The van der Waals surface area contributed by atoms with Crippen LogP contribution >= 0.6 is 0 Å². The standard InChI is InChI=1S/C26H34N2O5/c1-26(2,3)33-24(30)27-15-9-8-10-18(17-29)28(25(31)32)16-23-21-13-6-4-11-19(21)20-12-5-7-14-22(20)23/h4-7,11-14,18,23,29H,8-10,15-17H2,1-3H3,(H,27,30)(H,31,32). The van der Waals surface area contributed by atoms with Crippen LogP contribution in [0.25, 0.3) is 11.1 Å². The van der Waals surface area contributed by atoms with Crippen molar-refractivity contribution < 1.29 is 24.5 Å². The van der Waals surface area contributed by atoms with Crippen molar-refractivity contribution in [1.82, 2.24) is 10.2 Å². The lowest BCUT2D eigenvalue weighted by Gasteiger charge is -2.31. The second-order valence-corrected chi connectivity index (χ2v) is 9.42. The number of nitrogens with one attached hydrogen (secondary N) is 1. The summed E-state index contributed by atoms with van der Waals surface area (Å²) in [6, 6.07) is 15.7. The third kappa shape index (κ3) is 6.26. The molecule has 3 N–H and O–H groups in total. The normalized spacial score (nSPS) is 13.7. The number of aliphatic hydroxyl groups is 1. The Morgan fingerprint density at radius 2 is 1.61 bits per heavy atom. The summed E-state index contributed by atoms with van der Waals surface area (Å²) >= 11 is 0.